The van der Waals surface area contributed by atoms with Crippen molar-refractivity contribution >= 4 is 0 Å². The third kappa shape index (κ3) is 6.89. The van der Waals surface area contributed by atoms with Crippen molar-refractivity contribution in [2.24, 2.45) is 5.73 Å². The van der Waals surface area contributed by atoms with Crippen LogP contribution in [0.1, 0.15) is 26.3 Å². The molecule has 0 saturated carbocycles. The van der Waals surface area contributed by atoms with E-state index in [0.717, 1.165) is 5.75 Å². The SMILES string of the molecule is CC(C)(C)c1ccc(OCCOCCOCCN)cc1. The molecule has 0 aliphatic heterocycles. The Morgan fingerprint density at radius 3 is 1.95 bits per heavy atom. The molecule has 0 radical (unpaired) electrons. The van der Waals surface area contributed by atoms with Gasteiger partial charge in [0.05, 0.1) is 26.4 Å². The molecule has 4 heteroatoms. The minimum atomic E-state index is 0.172. The van der Waals surface area contributed by atoms with Crippen molar-refractivity contribution in [3.05, 3.63) is 29.8 Å². The van der Waals surface area contributed by atoms with Gasteiger partial charge in [-0.05, 0) is 23.1 Å². The molecule has 1 rings (SSSR count). The van der Waals surface area contributed by atoms with Crippen LogP contribution in [-0.4, -0.2) is 39.6 Å². The Bertz CT molecular complexity index is 357. The molecule has 0 spiro atoms. The van der Waals surface area contributed by atoms with E-state index in [-0.39, 0.29) is 5.41 Å². The maximum Gasteiger partial charge on any atom is 0.119 e. The number of hydrogen-bond acceptors (Lipinski definition) is 4. The molecular weight excluding hydrogens is 254 g/mol. The second kappa shape index (κ2) is 8.95. The monoisotopic (exact) mass is 281 g/mol. The average molecular weight is 281 g/mol. The van der Waals surface area contributed by atoms with Crippen LogP contribution in [0.4, 0.5) is 0 Å². The van der Waals surface area contributed by atoms with Gasteiger partial charge in [-0.2, -0.15) is 0 Å². The van der Waals surface area contributed by atoms with Gasteiger partial charge in [-0.1, -0.05) is 32.9 Å². The predicted molar refractivity (Wildman–Crippen MR) is 81.3 cm³/mol. The van der Waals surface area contributed by atoms with E-state index in [2.05, 4.69) is 32.9 Å². The van der Waals surface area contributed by atoms with Crippen molar-refractivity contribution < 1.29 is 14.2 Å². The fourth-order valence-corrected chi connectivity index (χ4v) is 1.67. The van der Waals surface area contributed by atoms with Gasteiger partial charge in [0, 0.05) is 6.54 Å². The lowest BCUT2D eigenvalue weighted by molar-refractivity contribution is 0.0388. The molecule has 2 N–H and O–H groups in total. The molecule has 0 atom stereocenters. The Morgan fingerprint density at radius 1 is 0.850 bits per heavy atom. The van der Waals surface area contributed by atoms with E-state index in [1.165, 1.54) is 5.56 Å². The van der Waals surface area contributed by atoms with E-state index in [1.54, 1.807) is 0 Å². The van der Waals surface area contributed by atoms with Crippen molar-refractivity contribution in [2.45, 2.75) is 26.2 Å². The Balaban J connectivity index is 2.13. The zero-order valence-electron chi connectivity index (χ0n) is 12.9. The first-order chi connectivity index (χ1) is 9.54. The molecule has 0 fully saturated rings. The van der Waals surface area contributed by atoms with Gasteiger partial charge in [0.15, 0.2) is 0 Å². The number of benzene rings is 1. The van der Waals surface area contributed by atoms with Gasteiger partial charge in [-0.3, -0.25) is 0 Å². The van der Waals surface area contributed by atoms with Crippen LogP contribution in [0.25, 0.3) is 0 Å². The highest BCUT2D eigenvalue weighted by Gasteiger charge is 2.12. The number of rotatable bonds is 9. The summed E-state index contributed by atoms with van der Waals surface area (Å²) in [6.07, 6.45) is 0. The summed E-state index contributed by atoms with van der Waals surface area (Å²) in [5, 5.41) is 0. The molecule has 0 unspecified atom stereocenters. The van der Waals surface area contributed by atoms with E-state index < -0.39 is 0 Å². The highest BCUT2D eigenvalue weighted by molar-refractivity contribution is 5.31. The Labute approximate surface area is 122 Å². The molecule has 114 valence electrons. The van der Waals surface area contributed by atoms with Crippen LogP contribution in [0, 0.1) is 0 Å². The van der Waals surface area contributed by atoms with Crippen LogP contribution in [0.15, 0.2) is 24.3 Å². The summed E-state index contributed by atoms with van der Waals surface area (Å²) in [5.74, 6) is 0.876. The third-order valence-electron chi connectivity index (χ3n) is 2.85. The summed E-state index contributed by atoms with van der Waals surface area (Å²) in [7, 11) is 0. The molecule has 0 heterocycles. The summed E-state index contributed by atoms with van der Waals surface area (Å²) in [6, 6.07) is 8.23. The van der Waals surface area contributed by atoms with Gasteiger partial charge in [0.25, 0.3) is 0 Å². The number of ether oxygens (including phenoxy) is 3. The van der Waals surface area contributed by atoms with E-state index in [1.807, 2.05) is 12.1 Å². The molecule has 20 heavy (non-hydrogen) atoms. The lowest BCUT2D eigenvalue weighted by Gasteiger charge is -2.19. The topological polar surface area (TPSA) is 53.7 Å². The Hall–Kier alpha value is -1.10. The molecule has 0 bridgehead atoms. The number of hydrogen-bond donors (Lipinski definition) is 1. The van der Waals surface area contributed by atoms with Crippen LogP contribution < -0.4 is 10.5 Å². The minimum Gasteiger partial charge on any atom is -0.491 e. The van der Waals surface area contributed by atoms with Crippen molar-refractivity contribution in [3.8, 4) is 5.75 Å². The fraction of sp³-hybridized carbons (Fsp3) is 0.625. The third-order valence-corrected chi connectivity index (χ3v) is 2.85. The summed E-state index contributed by atoms with van der Waals surface area (Å²) >= 11 is 0. The van der Waals surface area contributed by atoms with E-state index in [0.29, 0.717) is 39.6 Å². The van der Waals surface area contributed by atoms with E-state index >= 15 is 0 Å². The maximum absolute atomic E-state index is 5.62. The second-order valence-corrected chi connectivity index (χ2v) is 5.64. The highest BCUT2D eigenvalue weighted by atomic mass is 16.5. The predicted octanol–water partition coefficient (Wildman–Crippen LogP) is 2.35. The molecule has 0 aromatic heterocycles. The van der Waals surface area contributed by atoms with Gasteiger partial charge >= 0.3 is 0 Å². The normalized spacial score (nSPS) is 11.6. The van der Waals surface area contributed by atoms with Gasteiger partial charge < -0.3 is 19.9 Å². The standard InChI is InChI=1S/C16H27NO3/c1-16(2,3)14-4-6-15(7-5-14)20-13-12-19-11-10-18-9-8-17/h4-7H,8-13,17H2,1-3H3. The smallest absolute Gasteiger partial charge is 0.119 e. The van der Waals surface area contributed by atoms with Crippen LogP contribution in [0.2, 0.25) is 0 Å². The molecule has 1 aromatic carbocycles. The number of nitrogens with two attached hydrogens (primary N) is 1. The van der Waals surface area contributed by atoms with Gasteiger partial charge in [-0.15, -0.1) is 0 Å². The average Bonchev–Trinajstić information content (AvgIpc) is 2.41. The Morgan fingerprint density at radius 2 is 1.40 bits per heavy atom. The summed E-state index contributed by atoms with van der Waals surface area (Å²) in [5.41, 5.74) is 6.78. The molecule has 4 nitrogen and oxygen atoms in total. The maximum atomic E-state index is 5.62. The summed E-state index contributed by atoms with van der Waals surface area (Å²) in [6.45, 7) is 9.99. The lowest BCUT2D eigenvalue weighted by Crippen LogP contribution is -2.14. The largest absolute Gasteiger partial charge is 0.491 e. The molecule has 1 aromatic rings. The molecule has 0 amide bonds. The molecule has 0 aliphatic rings. The minimum absolute atomic E-state index is 0.172. The second-order valence-electron chi connectivity index (χ2n) is 5.64. The van der Waals surface area contributed by atoms with Crippen molar-refractivity contribution in [2.75, 3.05) is 39.6 Å². The van der Waals surface area contributed by atoms with Crippen molar-refractivity contribution in [1.82, 2.24) is 0 Å². The van der Waals surface area contributed by atoms with Gasteiger partial charge in [-0.25, -0.2) is 0 Å². The first-order valence-corrected chi connectivity index (χ1v) is 7.13. The quantitative estimate of drug-likeness (QED) is 0.706. The summed E-state index contributed by atoms with van der Waals surface area (Å²) in [4.78, 5) is 0. The highest BCUT2D eigenvalue weighted by Crippen LogP contribution is 2.24. The molecular formula is C16H27NO3. The zero-order valence-corrected chi connectivity index (χ0v) is 12.9. The summed E-state index contributed by atoms with van der Waals surface area (Å²) < 4.78 is 16.2. The first-order valence-electron chi connectivity index (χ1n) is 7.13. The van der Waals surface area contributed by atoms with Gasteiger partial charge in [0.2, 0.25) is 0 Å². The molecule has 0 aliphatic carbocycles. The van der Waals surface area contributed by atoms with E-state index in [9.17, 15) is 0 Å². The fourth-order valence-electron chi connectivity index (χ4n) is 1.67. The van der Waals surface area contributed by atoms with Crippen LogP contribution in [0.3, 0.4) is 0 Å². The van der Waals surface area contributed by atoms with Crippen molar-refractivity contribution in [3.63, 3.8) is 0 Å². The molecule has 0 saturated heterocycles. The first kappa shape index (κ1) is 17.0. The van der Waals surface area contributed by atoms with Crippen LogP contribution in [0.5, 0.6) is 5.75 Å². The van der Waals surface area contributed by atoms with Crippen molar-refractivity contribution in [1.29, 1.82) is 0 Å². The van der Waals surface area contributed by atoms with E-state index in [4.69, 9.17) is 19.9 Å². The lowest BCUT2D eigenvalue weighted by atomic mass is 9.87. The van der Waals surface area contributed by atoms with Crippen LogP contribution in [-0.2, 0) is 14.9 Å². The van der Waals surface area contributed by atoms with Gasteiger partial charge in [0.1, 0.15) is 12.4 Å². The van der Waals surface area contributed by atoms with Crippen LogP contribution >= 0.6 is 0 Å². The zero-order chi connectivity index (χ0) is 14.8. The Kier molecular flexibility index (Phi) is 7.59.